The molecule has 1 unspecified atom stereocenters. The van der Waals surface area contributed by atoms with Gasteiger partial charge in [0.05, 0.1) is 0 Å². The zero-order chi connectivity index (χ0) is 24.2. The van der Waals surface area contributed by atoms with Gasteiger partial charge in [0.2, 0.25) is 0 Å². The fourth-order valence-corrected chi connectivity index (χ4v) is 5.42. The van der Waals surface area contributed by atoms with Crippen LogP contribution in [0.25, 0.3) is 10.8 Å². The summed E-state index contributed by atoms with van der Waals surface area (Å²) >= 11 is 0. The minimum absolute atomic E-state index is 0.695. The lowest BCUT2D eigenvalue weighted by Gasteiger charge is -2.30. The van der Waals surface area contributed by atoms with Gasteiger partial charge in [0.25, 0.3) is 0 Å². The van der Waals surface area contributed by atoms with Crippen LogP contribution in [-0.4, -0.2) is 0 Å². The maximum Gasteiger partial charge on any atom is 0.139 e. The summed E-state index contributed by atoms with van der Waals surface area (Å²) in [5.41, 5.74) is 4.96. The maximum absolute atomic E-state index is 6.77. The number of unbranched alkanes of at least 4 members (excludes halogenated alkanes) is 2. The van der Waals surface area contributed by atoms with Crippen LogP contribution in [0.1, 0.15) is 61.3 Å². The Morgan fingerprint density at radius 1 is 0.686 bits per heavy atom. The lowest BCUT2D eigenvalue weighted by molar-refractivity contribution is 0.387. The van der Waals surface area contributed by atoms with Gasteiger partial charge in [-0.25, -0.2) is 0 Å². The highest BCUT2D eigenvalue weighted by molar-refractivity contribution is 5.96. The van der Waals surface area contributed by atoms with E-state index in [1.54, 1.807) is 0 Å². The van der Waals surface area contributed by atoms with Crippen molar-refractivity contribution in [3.8, 4) is 23.0 Å². The minimum atomic E-state index is 0.695. The highest BCUT2D eigenvalue weighted by Gasteiger charge is 2.29. The van der Waals surface area contributed by atoms with Crippen molar-refractivity contribution in [3.05, 3.63) is 95.1 Å². The lowest BCUT2D eigenvalue weighted by Crippen LogP contribution is -2.16. The average Bonchev–Trinajstić information content (AvgIpc) is 2.88. The number of fused-ring (bicyclic) bond motifs is 2. The van der Waals surface area contributed by atoms with Gasteiger partial charge in [0.1, 0.15) is 23.0 Å². The third-order valence-corrected chi connectivity index (χ3v) is 7.45. The second kappa shape index (κ2) is 10.6. The number of benzene rings is 4. The van der Waals surface area contributed by atoms with Crippen molar-refractivity contribution in [2.24, 2.45) is 5.92 Å². The molecule has 0 fully saturated rings. The molecule has 0 amide bonds. The van der Waals surface area contributed by atoms with Gasteiger partial charge in [-0.15, -0.1) is 0 Å². The van der Waals surface area contributed by atoms with E-state index < -0.39 is 0 Å². The Labute approximate surface area is 209 Å². The van der Waals surface area contributed by atoms with Crippen LogP contribution in [-0.2, 0) is 12.8 Å². The molecular weight excluding hydrogens is 428 g/mol. The van der Waals surface area contributed by atoms with Gasteiger partial charge in [-0.2, -0.15) is 0 Å². The van der Waals surface area contributed by atoms with Gasteiger partial charge >= 0.3 is 0 Å². The minimum Gasteiger partial charge on any atom is -0.456 e. The van der Waals surface area contributed by atoms with Crippen molar-refractivity contribution in [1.29, 1.82) is 0 Å². The third kappa shape index (κ3) is 4.93. The Hall–Kier alpha value is -3.26. The van der Waals surface area contributed by atoms with E-state index in [2.05, 4.69) is 93.6 Å². The lowest BCUT2D eigenvalue weighted by atomic mass is 9.79. The van der Waals surface area contributed by atoms with Gasteiger partial charge in [-0.1, -0.05) is 93.3 Å². The van der Waals surface area contributed by atoms with Crippen LogP contribution >= 0.6 is 0 Å². The molecule has 0 bridgehead atoms. The topological polar surface area (TPSA) is 18.5 Å². The van der Waals surface area contributed by atoms with E-state index in [9.17, 15) is 0 Å². The van der Waals surface area contributed by atoms with Gasteiger partial charge in [-0.3, -0.25) is 0 Å². The zero-order valence-electron chi connectivity index (χ0n) is 21.3. The van der Waals surface area contributed by atoms with E-state index in [0.29, 0.717) is 5.92 Å². The smallest absolute Gasteiger partial charge is 0.139 e. The van der Waals surface area contributed by atoms with Gasteiger partial charge in [-0.05, 0) is 62.3 Å². The molecule has 4 aromatic carbocycles. The number of hydrogen-bond acceptors (Lipinski definition) is 2. The molecule has 0 aromatic heterocycles. The van der Waals surface area contributed by atoms with E-state index in [4.69, 9.17) is 9.47 Å². The molecule has 5 rings (SSSR count). The van der Waals surface area contributed by atoms with Crippen molar-refractivity contribution in [3.63, 3.8) is 0 Å². The Balaban J connectivity index is 1.66. The Morgan fingerprint density at radius 3 is 1.80 bits per heavy atom. The Morgan fingerprint density at radius 2 is 1.23 bits per heavy atom. The van der Waals surface area contributed by atoms with Crippen LogP contribution in [0.2, 0.25) is 0 Å². The monoisotopic (exact) mass is 464 g/mol. The number of aryl methyl sites for hydroxylation is 2. The average molecular weight is 465 g/mol. The van der Waals surface area contributed by atoms with Gasteiger partial charge in [0, 0.05) is 21.9 Å². The fourth-order valence-electron chi connectivity index (χ4n) is 5.42. The summed E-state index contributed by atoms with van der Waals surface area (Å²) in [6, 6.07) is 25.2. The van der Waals surface area contributed by atoms with Crippen LogP contribution in [0.4, 0.5) is 0 Å². The molecule has 35 heavy (non-hydrogen) atoms. The first-order chi connectivity index (χ1) is 17.2. The molecule has 1 aliphatic carbocycles. The van der Waals surface area contributed by atoms with Crippen LogP contribution in [0.3, 0.4) is 0 Å². The standard InChI is InChI=1S/C33H36O2/c1-4-5-6-15-25-20-21-28-29(22-25)33(35-31-19-12-8-14-24(31)3)27-17-10-9-16-26(27)32(28)34-30-18-11-7-13-23(30)2/h7-14,16-19,25H,4-6,15,20-22H2,1-3H3. The first-order valence-electron chi connectivity index (χ1n) is 13.2. The molecule has 0 saturated heterocycles. The second-order valence-electron chi connectivity index (χ2n) is 10.0. The first kappa shape index (κ1) is 23.5. The second-order valence-corrected chi connectivity index (χ2v) is 10.0. The predicted octanol–water partition coefficient (Wildman–Crippen LogP) is 9.73. The van der Waals surface area contributed by atoms with Crippen molar-refractivity contribution in [2.45, 2.75) is 65.7 Å². The summed E-state index contributed by atoms with van der Waals surface area (Å²) in [4.78, 5) is 0. The van der Waals surface area contributed by atoms with Crippen molar-refractivity contribution in [1.82, 2.24) is 0 Å². The predicted molar refractivity (Wildman–Crippen MR) is 146 cm³/mol. The largest absolute Gasteiger partial charge is 0.456 e. The number of para-hydroxylation sites is 2. The molecule has 0 aliphatic heterocycles. The van der Waals surface area contributed by atoms with E-state index in [1.165, 1.54) is 43.2 Å². The zero-order valence-corrected chi connectivity index (χ0v) is 21.3. The molecule has 0 radical (unpaired) electrons. The van der Waals surface area contributed by atoms with Gasteiger partial charge in [0.15, 0.2) is 0 Å². The van der Waals surface area contributed by atoms with Crippen molar-refractivity contribution in [2.75, 3.05) is 0 Å². The van der Waals surface area contributed by atoms with Gasteiger partial charge < -0.3 is 9.47 Å². The van der Waals surface area contributed by atoms with Crippen molar-refractivity contribution >= 4 is 10.8 Å². The van der Waals surface area contributed by atoms with E-state index in [0.717, 1.165) is 57.7 Å². The number of hydrogen-bond donors (Lipinski definition) is 0. The molecule has 4 aromatic rings. The quantitative estimate of drug-likeness (QED) is 0.242. The summed E-state index contributed by atoms with van der Waals surface area (Å²) in [5.74, 6) is 4.58. The SMILES string of the molecule is CCCCCC1CCc2c(c(Oc3ccccc3C)c3ccccc3c2Oc2ccccc2C)C1. The van der Waals surface area contributed by atoms with E-state index in [1.807, 2.05) is 0 Å². The molecule has 1 atom stereocenters. The number of rotatable bonds is 8. The molecule has 180 valence electrons. The van der Waals surface area contributed by atoms with Crippen molar-refractivity contribution < 1.29 is 9.47 Å². The number of ether oxygens (including phenoxy) is 2. The molecule has 0 heterocycles. The van der Waals surface area contributed by atoms with Crippen LogP contribution in [0, 0.1) is 19.8 Å². The summed E-state index contributed by atoms with van der Waals surface area (Å²) in [6.07, 6.45) is 8.47. The van der Waals surface area contributed by atoms with E-state index >= 15 is 0 Å². The Bertz CT molecular complexity index is 1320. The molecule has 2 heteroatoms. The molecular formula is C33H36O2. The third-order valence-electron chi connectivity index (χ3n) is 7.45. The molecule has 0 spiro atoms. The highest BCUT2D eigenvalue weighted by atomic mass is 16.5. The maximum atomic E-state index is 6.77. The normalized spacial score (nSPS) is 15.1. The summed E-state index contributed by atoms with van der Waals surface area (Å²) in [6.45, 7) is 6.52. The molecule has 2 nitrogen and oxygen atoms in total. The van der Waals surface area contributed by atoms with Crippen LogP contribution in [0.5, 0.6) is 23.0 Å². The Kier molecular flexibility index (Phi) is 7.08. The molecule has 0 saturated carbocycles. The summed E-state index contributed by atoms with van der Waals surface area (Å²) < 4.78 is 13.5. The van der Waals surface area contributed by atoms with Crippen LogP contribution in [0.15, 0.2) is 72.8 Å². The molecule has 1 aliphatic rings. The first-order valence-corrected chi connectivity index (χ1v) is 13.2. The van der Waals surface area contributed by atoms with E-state index in [-0.39, 0.29) is 0 Å². The summed E-state index contributed by atoms with van der Waals surface area (Å²) in [7, 11) is 0. The molecule has 0 N–H and O–H groups in total. The van der Waals surface area contributed by atoms with Crippen LogP contribution < -0.4 is 9.47 Å². The highest BCUT2D eigenvalue weighted by Crippen LogP contribution is 2.48. The fraction of sp³-hybridized carbons (Fsp3) is 0.333. The summed E-state index contributed by atoms with van der Waals surface area (Å²) in [5, 5.41) is 2.26.